The molecule has 4 N–H and O–H groups in total. The van der Waals surface area contributed by atoms with Crippen molar-refractivity contribution in [2.45, 2.75) is 6.54 Å². The highest BCUT2D eigenvalue weighted by Crippen LogP contribution is 2.23. The summed E-state index contributed by atoms with van der Waals surface area (Å²) in [5, 5.41) is 9.73. The van der Waals surface area contributed by atoms with Gasteiger partial charge in [0, 0.05) is 6.20 Å². The third-order valence-corrected chi connectivity index (χ3v) is 2.05. The lowest BCUT2D eigenvalue weighted by molar-refractivity contribution is 0.399. The van der Waals surface area contributed by atoms with E-state index >= 15 is 0 Å². The molecule has 0 aliphatic rings. The zero-order chi connectivity index (χ0) is 11.4. The summed E-state index contributed by atoms with van der Waals surface area (Å²) in [5.74, 6) is 0.906. The Labute approximate surface area is 92.1 Å². The van der Waals surface area contributed by atoms with Crippen molar-refractivity contribution >= 4 is 11.5 Å². The molecule has 0 aromatic carbocycles. The van der Waals surface area contributed by atoms with Gasteiger partial charge < -0.3 is 15.8 Å². The number of H-pyrrole nitrogens is 1. The van der Waals surface area contributed by atoms with Crippen LogP contribution in [-0.2, 0) is 6.54 Å². The van der Waals surface area contributed by atoms with Gasteiger partial charge in [0.1, 0.15) is 12.0 Å². The Kier molecular flexibility index (Phi) is 2.86. The van der Waals surface area contributed by atoms with E-state index in [-0.39, 0.29) is 0 Å². The molecule has 2 aromatic rings. The SMILES string of the molecule is COc1ncnc(NCc2ccn[nH]2)c1N. The molecule has 7 nitrogen and oxygen atoms in total. The molecule has 2 aromatic heterocycles. The predicted molar refractivity (Wildman–Crippen MR) is 58.9 cm³/mol. The number of aromatic nitrogens is 4. The van der Waals surface area contributed by atoms with Crippen LogP contribution in [0.25, 0.3) is 0 Å². The van der Waals surface area contributed by atoms with Crippen LogP contribution < -0.4 is 15.8 Å². The third kappa shape index (κ3) is 2.02. The fourth-order valence-electron chi connectivity index (χ4n) is 1.25. The van der Waals surface area contributed by atoms with Gasteiger partial charge in [0.2, 0.25) is 5.88 Å². The maximum atomic E-state index is 5.79. The molecule has 0 aliphatic heterocycles. The maximum Gasteiger partial charge on any atom is 0.242 e. The van der Waals surface area contributed by atoms with Gasteiger partial charge in [0.05, 0.1) is 19.3 Å². The molecule has 0 radical (unpaired) electrons. The van der Waals surface area contributed by atoms with Crippen LogP contribution in [0, 0.1) is 0 Å². The van der Waals surface area contributed by atoms with E-state index in [1.54, 1.807) is 6.20 Å². The zero-order valence-corrected chi connectivity index (χ0v) is 8.77. The average Bonchev–Trinajstić information content (AvgIpc) is 2.81. The Morgan fingerprint density at radius 3 is 3.06 bits per heavy atom. The van der Waals surface area contributed by atoms with Crippen LogP contribution in [0.2, 0.25) is 0 Å². The fraction of sp³-hybridized carbons (Fsp3) is 0.222. The van der Waals surface area contributed by atoms with Gasteiger partial charge in [-0.1, -0.05) is 0 Å². The van der Waals surface area contributed by atoms with Crippen molar-refractivity contribution in [1.82, 2.24) is 20.2 Å². The molecule has 2 heterocycles. The first-order chi connectivity index (χ1) is 7.81. The van der Waals surface area contributed by atoms with Gasteiger partial charge in [-0.3, -0.25) is 5.10 Å². The first-order valence-electron chi connectivity index (χ1n) is 4.68. The van der Waals surface area contributed by atoms with Gasteiger partial charge in [-0.25, -0.2) is 4.98 Å². The third-order valence-electron chi connectivity index (χ3n) is 2.05. The molecule has 0 fully saturated rings. The molecule has 0 atom stereocenters. The summed E-state index contributed by atoms with van der Waals surface area (Å²) in [5.41, 5.74) is 7.13. The smallest absolute Gasteiger partial charge is 0.242 e. The highest BCUT2D eigenvalue weighted by atomic mass is 16.5. The minimum absolute atomic E-state index is 0.363. The van der Waals surface area contributed by atoms with Crippen molar-refractivity contribution in [1.29, 1.82) is 0 Å². The Bertz CT molecular complexity index is 455. The monoisotopic (exact) mass is 220 g/mol. The van der Waals surface area contributed by atoms with Crippen molar-refractivity contribution in [3.05, 3.63) is 24.3 Å². The van der Waals surface area contributed by atoms with Gasteiger partial charge >= 0.3 is 0 Å². The molecule has 2 rings (SSSR count). The quantitative estimate of drug-likeness (QED) is 0.689. The number of hydrogen-bond acceptors (Lipinski definition) is 6. The molecule has 0 saturated heterocycles. The van der Waals surface area contributed by atoms with Crippen LogP contribution in [0.3, 0.4) is 0 Å². The highest BCUT2D eigenvalue weighted by molar-refractivity contribution is 5.66. The number of nitrogens with zero attached hydrogens (tertiary/aromatic N) is 3. The summed E-state index contributed by atoms with van der Waals surface area (Å²) in [4.78, 5) is 7.91. The number of nitrogens with two attached hydrogens (primary N) is 1. The lowest BCUT2D eigenvalue weighted by atomic mass is 10.4. The standard InChI is InChI=1S/C9H12N6O/c1-16-9-7(10)8(12-5-13-9)11-4-6-2-3-14-15-6/h2-3,5H,4,10H2,1H3,(H,14,15)(H,11,12,13). The summed E-state index contributed by atoms with van der Waals surface area (Å²) in [6.07, 6.45) is 3.07. The Hall–Kier alpha value is -2.31. The highest BCUT2D eigenvalue weighted by Gasteiger charge is 2.07. The van der Waals surface area contributed by atoms with Crippen molar-refractivity contribution in [2.75, 3.05) is 18.2 Å². The van der Waals surface area contributed by atoms with E-state index in [9.17, 15) is 0 Å². The summed E-state index contributed by atoms with van der Waals surface area (Å²) in [7, 11) is 1.51. The normalized spacial score (nSPS) is 10.1. The van der Waals surface area contributed by atoms with E-state index in [1.165, 1.54) is 13.4 Å². The molecule has 0 aliphatic carbocycles. The van der Waals surface area contributed by atoms with Crippen LogP contribution in [0.15, 0.2) is 18.6 Å². The van der Waals surface area contributed by atoms with Crippen LogP contribution >= 0.6 is 0 Å². The minimum Gasteiger partial charge on any atom is -0.479 e. The largest absolute Gasteiger partial charge is 0.479 e. The predicted octanol–water partition coefficient (Wildman–Crippen LogP) is 0.403. The molecule has 16 heavy (non-hydrogen) atoms. The van der Waals surface area contributed by atoms with E-state index in [0.29, 0.717) is 23.9 Å². The number of methoxy groups -OCH3 is 1. The number of hydrogen-bond donors (Lipinski definition) is 3. The van der Waals surface area contributed by atoms with Gasteiger partial charge in [0.25, 0.3) is 0 Å². The van der Waals surface area contributed by atoms with E-state index in [2.05, 4.69) is 25.5 Å². The second-order valence-corrected chi connectivity index (χ2v) is 3.08. The second kappa shape index (κ2) is 4.47. The minimum atomic E-state index is 0.363. The lowest BCUT2D eigenvalue weighted by Gasteiger charge is -2.08. The van der Waals surface area contributed by atoms with Crippen molar-refractivity contribution in [3.8, 4) is 5.88 Å². The van der Waals surface area contributed by atoms with Gasteiger partial charge in [-0.2, -0.15) is 10.1 Å². The molecular formula is C9H12N6O. The van der Waals surface area contributed by atoms with E-state index in [0.717, 1.165) is 5.69 Å². The van der Waals surface area contributed by atoms with Crippen molar-refractivity contribution in [2.24, 2.45) is 0 Å². The van der Waals surface area contributed by atoms with Crippen LogP contribution in [-0.4, -0.2) is 27.3 Å². The molecule has 7 heteroatoms. The Balaban J connectivity index is 2.09. The first kappa shape index (κ1) is 10.2. The molecule has 0 amide bonds. The molecule has 0 bridgehead atoms. The van der Waals surface area contributed by atoms with Crippen molar-refractivity contribution in [3.63, 3.8) is 0 Å². The van der Waals surface area contributed by atoms with Crippen LogP contribution in [0.4, 0.5) is 11.5 Å². The summed E-state index contributed by atoms with van der Waals surface area (Å²) in [6.45, 7) is 0.560. The molecule has 0 spiro atoms. The van der Waals surface area contributed by atoms with Gasteiger partial charge in [0.15, 0.2) is 5.82 Å². The van der Waals surface area contributed by atoms with Crippen LogP contribution in [0.1, 0.15) is 5.69 Å². The van der Waals surface area contributed by atoms with E-state index in [1.807, 2.05) is 6.07 Å². The molecule has 0 saturated carbocycles. The average molecular weight is 220 g/mol. The summed E-state index contributed by atoms with van der Waals surface area (Å²) in [6, 6.07) is 1.86. The number of aromatic amines is 1. The number of nitrogens with one attached hydrogen (secondary N) is 2. The van der Waals surface area contributed by atoms with Crippen LogP contribution in [0.5, 0.6) is 5.88 Å². The zero-order valence-electron chi connectivity index (χ0n) is 8.77. The molecule has 84 valence electrons. The Morgan fingerprint density at radius 2 is 2.38 bits per heavy atom. The summed E-state index contributed by atoms with van der Waals surface area (Å²) >= 11 is 0. The molecular weight excluding hydrogens is 208 g/mol. The first-order valence-corrected chi connectivity index (χ1v) is 4.68. The Morgan fingerprint density at radius 1 is 1.50 bits per heavy atom. The van der Waals surface area contributed by atoms with Gasteiger partial charge in [-0.05, 0) is 6.07 Å². The molecule has 0 unspecified atom stereocenters. The fourth-order valence-corrected chi connectivity index (χ4v) is 1.25. The summed E-state index contributed by atoms with van der Waals surface area (Å²) < 4.78 is 4.99. The lowest BCUT2D eigenvalue weighted by Crippen LogP contribution is -2.07. The number of rotatable bonds is 4. The van der Waals surface area contributed by atoms with E-state index in [4.69, 9.17) is 10.5 Å². The van der Waals surface area contributed by atoms with Gasteiger partial charge in [-0.15, -0.1) is 0 Å². The number of anilines is 2. The number of ether oxygens (including phenoxy) is 1. The van der Waals surface area contributed by atoms with Crippen molar-refractivity contribution < 1.29 is 4.74 Å². The second-order valence-electron chi connectivity index (χ2n) is 3.08. The topological polar surface area (TPSA) is 102 Å². The number of nitrogen functional groups attached to an aromatic ring is 1. The maximum absolute atomic E-state index is 5.79. The van der Waals surface area contributed by atoms with E-state index < -0.39 is 0 Å².